The summed E-state index contributed by atoms with van der Waals surface area (Å²) >= 11 is 0. The van der Waals surface area contributed by atoms with Crippen molar-refractivity contribution in [1.29, 1.82) is 0 Å². The van der Waals surface area contributed by atoms with Crippen LogP contribution in [0.3, 0.4) is 0 Å². The van der Waals surface area contributed by atoms with E-state index in [1.807, 2.05) is 24.3 Å². The Morgan fingerprint density at radius 1 is 0.771 bits per heavy atom. The molecule has 0 fully saturated rings. The number of hydrogen-bond acceptors (Lipinski definition) is 0. The molecule has 0 heterocycles. The average Bonchev–Trinajstić information content (AvgIpc) is 2.87. The topological polar surface area (TPSA) is 0 Å². The van der Waals surface area contributed by atoms with Gasteiger partial charge in [0.2, 0.25) is 0 Å². The van der Waals surface area contributed by atoms with Crippen molar-refractivity contribution in [1.82, 2.24) is 0 Å². The van der Waals surface area contributed by atoms with Gasteiger partial charge in [-0.15, -0.1) is 0 Å². The second-order valence-electron chi connectivity index (χ2n) is 9.47. The van der Waals surface area contributed by atoms with Gasteiger partial charge in [0.1, 0.15) is 5.82 Å². The van der Waals surface area contributed by atoms with Gasteiger partial charge >= 0.3 is 0 Å². The van der Waals surface area contributed by atoms with Crippen LogP contribution in [-0.2, 0) is 6.42 Å². The van der Waals surface area contributed by atoms with Gasteiger partial charge in [0.05, 0.1) is 0 Å². The van der Waals surface area contributed by atoms with Crippen molar-refractivity contribution in [3.8, 4) is 22.3 Å². The van der Waals surface area contributed by atoms with Crippen LogP contribution >= 0.6 is 0 Å². The van der Waals surface area contributed by atoms with E-state index in [9.17, 15) is 8.78 Å². The van der Waals surface area contributed by atoms with E-state index in [4.69, 9.17) is 0 Å². The lowest BCUT2D eigenvalue weighted by Gasteiger charge is -2.18. The summed E-state index contributed by atoms with van der Waals surface area (Å²) in [6.07, 6.45) is 10.3. The fraction of sp³-hybridized carbons (Fsp3) is 0.375. The molecule has 0 N–H and O–H groups in total. The summed E-state index contributed by atoms with van der Waals surface area (Å²) in [5.74, 6) is -0.973. The summed E-state index contributed by atoms with van der Waals surface area (Å²) in [5.41, 5.74) is 3.56. The van der Waals surface area contributed by atoms with Crippen molar-refractivity contribution in [2.24, 2.45) is 5.92 Å². The highest BCUT2D eigenvalue weighted by Gasteiger charge is 2.16. The van der Waals surface area contributed by atoms with Gasteiger partial charge in [0.25, 0.3) is 0 Å². The molecule has 0 radical (unpaired) electrons. The molecule has 0 nitrogen and oxygen atoms in total. The second-order valence-corrected chi connectivity index (χ2v) is 9.47. The number of halogens is 3. The Kier molecular flexibility index (Phi) is 9.77. The van der Waals surface area contributed by atoms with E-state index in [-0.39, 0.29) is 17.3 Å². The molecule has 0 aliphatic carbocycles. The van der Waals surface area contributed by atoms with Crippen molar-refractivity contribution in [3.05, 3.63) is 95.3 Å². The summed E-state index contributed by atoms with van der Waals surface area (Å²) in [6, 6.07) is 15.8. The van der Waals surface area contributed by atoms with Gasteiger partial charge in [0.15, 0.2) is 11.6 Å². The third kappa shape index (κ3) is 6.66. The molecule has 3 heteroatoms. The molecule has 3 rings (SSSR count). The molecular weight excluding hydrogens is 441 g/mol. The molecular formula is C32H37F3. The second kappa shape index (κ2) is 12.8. The number of hydrogen-bond donors (Lipinski definition) is 0. The molecule has 0 aliphatic rings. The van der Waals surface area contributed by atoms with Crippen LogP contribution in [0.2, 0.25) is 0 Å². The Balaban J connectivity index is 1.71. The molecule has 0 amide bonds. The first kappa shape index (κ1) is 26.8. The standard InChI is InChI=1S/C32H37F3/c1-5-8-9-10-23(6-2)12-11-22(4)28-19-18-27(21-30(28)33)25-13-15-26(16-14-25)29-20-17-24(7-3)31(34)32(29)35/h5,8,13-23H,6-7,9-12H2,1-4H3/b8-5+. The van der Waals surface area contributed by atoms with Crippen LogP contribution in [0.15, 0.2) is 66.7 Å². The summed E-state index contributed by atoms with van der Waals surface area (Å²) in [5, 5.41) is 0. The summed E-state index contributed by atoms with van der Waals surface area (Å²) in [4.78, 5) is 0. The quantitative estimate of drug-likeness (QED) is 0.240. The normalized spacial score (nSPS) is 13.3. The van der Waals surface area contributed by atoms with E-state index in [0.717, 1.165) is 42.4 Å². The average molecular weight is 479 g/mol. The molecule has 3 aromatic carbocycles. The third-order valence-corrected chi connectivity index (χ3v) is 7.17. The van der Waals surface area contributed by atoms with Crippen LogP contribution in [0.5, 0.6) is 0 Å². The zero-order chi connectivity index (χ0) is 25.4. The summed E-state index contributed by atoms with van der Waals surface area (Å²) in [7, 11) is 0. The maximum absolute atomic E-state index is 15.1. The van der Waals surface area contributed by atoms with Crippen molar-refractivity contribution in [2.45, 2.75) is 72.1 Å². The minimum absolute atomic E-state index is 0.158. The zero-order valence-electron chi connectivity index (χ0n) is 21.4. The fourth-order valence-electron chi connectivity index (χ4n) is 4.73. The molecule has 186 valence electrons. The highest BCUT2D eigenvalue weighted by atomic mass is 19.2. The SMILES string of the molecule is C/C=C/CCC(CC)CCC(C)c1ccc(-c2ccc(-c3ccc(CC)c(F)c3F)cc2)cc1F. The molecule has 0 saturated heterocycles. The minimum Gasteiger partial charge on any atom is -0.207 e. The van der Waals surface area contributed by atoms with E-state index in [0.29, 0.717) is 23.5 Å². The number of aryl methyl sites for hydroxylation is 1. The van der Waals surface area contributed by atoms with E-state index in [1.165, 1.54) is 6.42 Å². The molecule has 2 unspecified atom stereocenters. The van der Waals surface area contributed by atoms with Crippen LogP contribution < -0.4 is 0 Å². The molecule has 0 saturated carbocycles. The van der Waals surface area contributed by atoms with Gasteiger partial charge < -0.3 is 0 Å². The smallest absolute Gasteiger partial charge is 0.166 e. The van der Waals surface area contributed by atoms with Gasteiger partial charge in [0, 0.05) is 5.56 Å². The summed E-state index contributed by atoms with van der Waals surface area (Å²) < 4.78 is 43.8. The van der Waals surface area contributed by atoms with Crippen LogP contribution in [-0.4, -0.2) is 0 Å². The van der Waals surface area contributed by atoms with Crippen molar-refractivity contribution >= 4 is 0 Å². The molecule has 2 atom stereocenters. The monoisotopic (exact) mass is 478 g/mol. The lowest BCUT2D eigenvalue weighted by molar-refractivity contribution is 0.408. The summed E-state index contributed by atoms with van der Waals surface area (Å²) in [6.45, 7) is 8.18. The Bertz CT molecular complexity index is 1130. The van der Waals surface area contributed by atoms with E-state index in [2.05, 4.69) is 32.9 Å². The first-order valence-corrected chi connectivity index (χ1v) is 12.9. The Hall–Kier alpha value is -2.81. The lowest BCUT2D eigenvalue weighted by atomic mass is 9.87. The van der Waals surface area contributed by atoms with Crippen LogP contribution in [0.1, 0.15) is 76.8 Å². The van der Waals surface area contributed by atoms with Crippen LogP contribution in [0.4, 0.5) is 13.2 Å². The Morgan fingerprint density at radius 3 is 2.09 bits per heavy atom. The van der Waals surface area contributed by atoms with Gasteiger partial charge in [-0.3, -0.25) is 0 Å². The van der Waals surface area contributed by atoms with Crippen LogP contribution in [0.25, 0.3) is 22.3 Å². The number of benzene rings is 3. The predicted octanol–water partition coefficient (Wildman–Crippen LogP) is 10.3. The highest BCUT2D eigenvalue weighted by Crippen LogP contribution is 2.32. The van der Waals surface area contributed by atoms with Crippen molar-refractivity contribution in [3.63, 3.8) is 0 Å². The maximum Gasteiger partial charge on any atom is 0.166 e. The van der Waals surface area contributed by atoms with Gasteiger partial charge in [-0.1, -0.05) is 87.9 Å². The van der Waals surface area contributed by atoms with Gasteiger partial charge in [-0.2, -0.15) is 0 Å². The van der Waals surface area contributed by atoms with E-state index < -0.39 is 11.6 Å². The van der Waals surface area contributed by atoms with E-state index in [1.54, 1.807) is 37.3 Å². The first-order chi connectivity index (χ1) is 16.9. The Morgan fingerprint density at radius 2 is 1.46 bits per heavy atom. The third-order valence-electron chi connectivity index (χ3n) is 7.17. The molecule has 0 aromatic heterocycles. The number of allylic oxidation sites excluding steroid dienone is 2. The lowest BCUT2D eigenvalue weighted by Crippen LogP contribution is -2.04. The molecule has 0 aliphatic heterocycles. The number of rotatable bonds is 11. The highest BCUT2D eigenvalue weighted by molar-refractivity contribution is 5.71. The molecule has 0 spiro atoms. The molecule has 3 aromatic rings. The minimum atomic E-state index is -0.825. The maximum atomic E-state index is 15.1. The zero-order valence-corrected chi connectivity index (χ0v) is 21.4. The Labute approximate surface area is 208 Å². The van der Waals surface area contributed by atoms with Crippen molar-refractivity contribution < 1.29 is 13.2 Å². The van der Waals surface area contributed by atoms with Gasteiger partial charge in [-0.05, 0) is 84.7 Å². The first-order valence-electron chi connectivity index (χ1n) is 12.9. The molecule has 35 heavy (non-hydrogen) atoms. The van der Waals surface area contributed by atoms with E-state index >= 15 is 4.39 Å². The predicted molar refractivity (Wildman–Crippen MR) is 142 cm³/mol. The van der Waals surface area contributed by atoms with Crippen molar-refractivity contribution in [2.75, 3.05) is 0 Å². The van der Waals surface area contributed by atoms with Crippen LogP contribution in [0, 0.1) is 23.4 Å². The largest absolute Gasteiger partial charge is 0.207 e. The molecule has 0 bridgehead atoms. The fourth-order valence-corrected chi connectivity index (χ4v) is 4.73. The van der Waals surface area contributed by atoms with Gasteiger partial charge in [-0.25, -0.2) is 13.2 Å².